The molecule has 0 aliphatic carbocycles. The zero-order chi connectivity index (χ0) is 42.3. The number of methoxy groups -OCH3 is 3. The number of ether oxygens (including phenoxy) is 4. The van der Waals surface area contributed by atoms with Crippen LogP contribution in [-0.4, -0.2) is 87.8 Å². The summed E-state index contributed by atoms with van der Waals surface area (Å²) in [4.78, 5) is 25.6. The normalized spacial score (nSPS) is 17.3. The highest BCUT2D eigenvalue weighted by Crippen LogP contribution is 2.41. The molecule has 0 saturated heterocycles. The number of carbonyl (C=O) groups is 2. The van der Waals surface area contributed by atoms with Gasteiger partial charge in [0.15, 0.2) is 8.32 Å². The summed E-state index contributed by atoms with van der Waals surface area (Å²) in [5.74, 6) is 0.0268. The van der Waals surface area contributed by atoms with Crippen LogP contribution in [0.2, 0.25) is 23.2 Å². The molecule has 0 unspecified atom stereocenters. The number of rotatable bonds is 26. The molecule has 2 rings (SSSR count). The van der Waals surface area contributed by atoms with Gasteiger partial charge in [-0.1, -0.05) is 130 Å². The van der Waals surface area contributed by atoms with E-state index in [0.717, 1.165) is 12.7 Å². The molecule has 318 valence electrons. The van der Waals surface area contributed by atoms with E-state index in [1.807, 2.05) is 6.92 Å². The van der Waals surface area contributed by atoms with Crippen LogP contribution in [0, 0.1) is 23.7 Å². The monoisotopic (exact) mass is 815 g/mol. The molecule has 10 heteroatoms. The Labute approximate surface area is 343 Å². The van der Waals surface area contributed by atoms with Gasteiger partial charge in [-0.25, -0.2) is 0 Å². The Morgan fingerprint density at radius 1 is 0.732 bits per heavy atom. The third-order valence-electron chi connectivity index (χ3n) is 12.6. The van der Waals surface area contributed by atoms with Crippen molar-refractivity contribution < 1.29 is 37.4 Å². The average molecular weight is 815 g/mol. The van der Waals surface area contributed by atoms with Crippen molar-refractivity contribution in [2.45, 2.75) is 149 Å². The van der Waals surface area contributed by atoms with E-state index in [1.54, 1.807) is 21.3 Å². The number of aldehydes is 1. The SMILES string of the molecule is COCO[C@@H](C[C@H](OC)[C@@H](C)CCC(=O)[C@H](C)[C@H](O[Si](C)(C)C(C)(C)C)[C@H](C)CCO[Si](c1ccccc1)(c1ccccc1)C(C)(C)C)[C@H](C)[C@H](CC=O)OC. The predicted molar refractivity (Wildman–Crippen MR) is 235 cm³/mol. The fourth-order valence-electron chi connectivity index (χ4n) is 7.76. The summed E-state index contributed by atoms with van der Waals surface area (Å²) < 4.78 is 37.5. The van der Waals surface area contributed by atoms with E-state index < -0.39 is 16.6 Å². The van der Waals surface area contributed by atoms with Gasteiger partial charge in [-0.3, -0.25) is 4.79 Å². The van der Waals surface area contributed by atoms with Crippen molar-refractivity contribution in [2.24, 2.45) is 23.7 Å². The third kappa shape index (κ3) is 13.5. The second-order valence-corrected chi connectivity index (χ2v) is 27.6. The van der Waals surface area contributed by atoms with Gasteiger partial charge in [-0.2, -0.15) is 0 Å². The Bertz CT molecular complexity index is 1370. The minimum absolute atomic E-state index is 0.00846. The first-order valence-corrected chi connectivity index (χ1v) is 25.6. The molecule has 0 N–H and O–H groups in total. The highest BCUT2D eigenvalue weighted by molar-refractivity contribution is 6.99. The predicted octanol–water partition coefficient (Wildman–Crippen LogP) is 9.24. The van der Waals surface area contributed by atoms with E-state index in [9.17, 15) is 9.59 Å². The minimum atomic E-state index is -2.71. The number of ketones is 1. The third-order valence-corrected chi connectivity index (χ3v) is 22.1. The standard InChI is InChI=1S/C46H78O8Si2/c1-34(42(51-13)32-43(52-33-49-11)37(4)41(50-12)28-30-47)26-27-40(48)36(3)44(54-55(14,15)45(5,6)7)35(2)29-31-53-56(46(8,9)10,38-22-18-16-19-23-38)39-24-20-17-21-25-39/h16-25,30,34-37,41-44H,26-29,31-33H2,1-15H3/t34-,35+,36-,37+,41-,42-,43-,44+/m0/s1. The van der Waals surface area contributed by atoms with Crippen molar-refractivity contribution in [1.82, 2.24) is 0 Å². The maximum absolute atomic E-state index is 14.2. The molecule has 2 aromatic rings. The van der Waals surface area contributed by atoms with E-state index in [-0.39, 0.29) is 77.2 Å². The molecule has 8 atom stereocenters. The number of Topliss-reactive ketones (excluding diaryl/α,β-unsaturated/α-hetero) is 1. The second-order valence-electron chi connectivity index (χ2n) is 18.5. The van der Waals surface area contributed by atoms with Crippen molar-refractivity contribution in [2.75, 3.05) is 34.7 Å². The van der Waals surface area contributed by atoms with Gasteiger partial charge in [0, 0.05) is 59.0 Å². The molecule has 0 amide bonds. The lowest BCUT2D eigenvalue weighted by Gasteiger charge is -2.44. The molecule has 56 heavy (non-hydrogen) atoms. The highest BCUT2D eigenvalue weighted by Gasteiger charge is 2.50. The quantitative estimate of drug-likeness (QED) is 0.0528. The van der Waals surface area contributed by atoms with Gasteiger partial charge in [0.05, 0.1) is 24.4 Å². The molecule has 0 bridgehead atoms. The van der Waals surface area contributed by atoms with Gasteiger partial charge in [-0.05, 0) is 58.2 Å². The van der Waals surface area contributed by atoms with Crippen LogP contribution >= 0.6 is 0 Å². The van der Waals surface area contributed by atoms with Gasteiger partial charge in [0.2, 0.25) is 0 Å². The molecule has 0 spiro atoms. The lowest BCUT2D eigenvalue weighted by molar-refractivity contribution is -0.132. The Balaban J connectivity index is 2.31. The van der Waals surface area contributed by atoms with E-state index in [0.29, 0.717) is 25.9 Å². The summed E-state index contributed by atoms with van der Waals surface area (Å²) in [5.41, 5.74) is 0. The Morgan fingerprint density at radius 3 is 1.71 bits per heavy atom. The van der Waals surface area contributed by atoms with E-state index >= 15 is 0 Å². The van der Waals surface area contributed by atoms with Crippen LogP contribution in [0.4, 0.5) is 0 Å². The summed E-state index contributed by atoms with van der Waals surface area (Å²) in [6, 6.07) is 21.5. The molecular formula is C46H78O8Si2. The molecule has 0 radical (unpaired) electrons. The van der Waals surface area contributed by atoms with Crippen LogP contribution in [0.3, 0.4) is 0 Å². The van der Waals surface area contributed by atoms with Crippen molar-refractivity contribution >= 4 is 39.1 Å². The summed E-state index contributed by atoms with van der Waals surface area (Å²) in [7, 11) is -0.0210. The molecule has 0 saturated carbocycles. The maximum Gasteiger partial charge on any atom is 0.261 e. The van der Waals surface area contributed by atoms with Crippen LogP contribution in [0.5, 0.6) is 0 Å². The maximum atomic E-state index is 14.2. The van der Waals surface area contributed by atoms with Crippen molar-refractivity contribution in [1.29, 1.82) is 0 Å². The largest absolute Gasteiger partial charge is 0.413 e. The molecule has 2 aromatic carbocycles. The topological polar surface area (TPSA) is 89.5 Å². The zero-order valence-corrected chi connectivity index (χ0v) is 39.7. The van der Waals surface area contributed by atoms with E-state index in [4.69, 9.17) is 27.8 Å². The summed E-state index contributed by atoms with van der Waals surface area (Å²) in [6.45, 7) is 27.4. The molecular weight excluding hydrogens is 737 g/mol. The first-order valence-electron chi connectivity index (χ1n) is 20.8. The number of hydrogen-bond acceptors (Lipinski definition) is 8. The van der Waals surface area contributed by atoms with Crippen molar-refractivity contribution in [3.63, 3.8) is 0 Å². The molecule has 0 heterocycles. The zero-order valence-electron chi connectivity index (χ0n) is 37.7. The van der Waals surface area contributed by atoms with Crippen LogP contribution < -0.4 is 10.4 Å². The van der Waals surface area contributed by atoms with Crippen LogP contribution in [0.25, 0.3) is 0 Å². The molecule has 8 nitrogen and oxygen atoms in total. The van der Waals surface area contributed by atoms with Gasteiger partial charge >= 0.3 is 0 Å². The first kappa shape index (κ1) is 50.1. The van der Waals surface area contributed by atoms with Gasteiger partial charge < -0.3 is 32.6 Å². The highest BCUT2D eigenvalue weighted by atomic mass is 28.4. The molecule has 0 fully saturated rings. The molecule has 0 aromatic heterocycles. The van der Waals surface area contributed by atoms with Crippen LogP contribution in [-0.2, 0) is 37.4 Å². The Morgan fingerprint density at radius 2 is 1.27 bits per heavy atom. The van der Waals surface area contributed by atoms with Gasteiger partial charge in [0.1, 0.15) is 18.9 Å². The Hall–Kier alpha value is -2.03. The summed E-state index contributed by atoms with van der Waals surface area (Å²) >= 11 is 0. The number of hydrogen-bond donors (Lipinski definition) is 0. The lowest BCUT2D eigenvalue weighted by Crippen LogP contribution is -2.66. The van der Waals surface area contributed by atoms with Crippen LogP contribution in [0.1, 0.15) is 101 Å². The fourth-order valence-corrected chi connectivity index (χ4v) is 13.8. The number of carbonyl (C=O) groups excluding carboxylic acids is 2. The van der Waals surface area contributed by atoms with Crippen molar-refractivity contribution in [3.05, 3.63) is 60.7 Å². The first-order chi connectivity index (χ1) is 26.2. The second kappa shape index (κ2) is 22.9. The van der Waals surface area contributed by atoms with E-state index in [1.165, 1.54) is 10.4 Å². The molecule has 0 aliphatic rings. The lowest BCUT2D eigenvalue weighted by atomic mass is 9.84. The smallest absolute Gasteiger partial charge is 0.261 e. The average Bonchev–Trinajstić information content (AvgIpc) is 3.15. The molecule has 0 aliphatic heterocycles. The summed E-state index contributed by atoms with van der Waals surface area (Å²) in [5, 5.41) is 2.40. The van der Waals surface area contributed by atoms with Gasteiger partial charge in [0.25, 0.3) is 8.32 Å². The van der Waals surface area contributed by atoms with Crippen LogP contribution in [0.15, 0.2) is 60.7 Å². The van der Waals surface area contributed by atoms with E-state index in [2.05, 4.69) is 136 Å². The minimum Gasteiger partial charge on any atom is -0.413 e. The summed E-state index contributed by atoms with van der Waals surface area (Å²) in [6.07, 6.45) is 2.70. The van der Waals surface area contributed by atoms with Crippen molar-refractivity contribution in [3.8, 4) is 0 Å². The van der Waals surface area contributed by atoms with Gasteiger partial charge in [-0.15, -0.1) is 0 Å². The fraction of sp³-hybridized carbons (Fsp3) is 0.696. The Kier molecular flexibility index (Phi) is 20.5. The number of benzene rings is 2.